The average Bonchev–Trinajstić information content (AvgIpc) is 2.37. The van der Waals surface area contributed by atoms with Crippen molar-refractivity contribution in [2.75, 3.05) is 13.1 Å². The van der Waals surface area contributed by atoms with E-state index < -0.39 is 0 Å². The molecule has 0 aliphatic carbocycles. The maximum atomic E-state index is 11.0. The standard InChI is InChI=1S/C15H24BrN3O2/c1-11(2)18(12(3)4)8-7-17-10-13-9-14(16)5-6-15(13)19(20)21/h5-6,9,11-12,17H,7-8,10H2,1-4H3. The monoisotopic (exact) mass is 357 g/mol. The molecule has 0 bridgehead atoms. The minimum absolute atomic E-state index is 0.162. The van der Waals surface area contributed by atoms with Crippen LogP contribution in [-0.2, 0) is 6.54 Å². The van der Waals surface area contributed by atoms with Gasteiger partial charge in [0.15, 0.2) is 0 Å². The number of nitrogens with zero attached hydrogens (tertiary/aromatic N) is 2. The Morgan fingerprint density at radius 3 is 2.43 bits per heavy atom. The second-order valence-corrected chi connectivity index (χ2v) is 6.55. The maximum absolute atomic E-state index is 11.0. The molecule has 5 nitrogen and oxygen atoms in total. The summed E-state index contributed by atoms with van der Waals surface area (Å²) in [5.41, 5.74) is 0.866. The molecule has 0 amide bonds. The Morgan fingerprint density at radius 1 is 1.29 bits per heavy atom. The fourth-order valence-electron chi connectivity index (χ4n) is 2.42. The highest BCUT2D eigenvalue weighted by Crippen LogP contribution is 2.22. The molecule has 21 heavy (non-hydrogen) atoms. The van der Waals surface area contributed by atoms with E-state index in [1.807, 2.05) is 0 Å². The summed E-state index contributed by atoms with van der Waals surface area (Å²) in [6, 6.07) is 6.02. The van der Waals surface area contributed by atoms with Gasteiger partial charge in [0.25, 0.3) is 5.69 Å². The Hall–Kier alpha value is -0.980. The predicted octanol–water partition coefficient (Wildman–Crippen LogP) is 3.57. The minimum atomic E-state index is -0.335. The lowest BCUT2D eigenvalue weighted by molar-refractivity contribution is -0.385. The highest BCUT2D eigenvalue weighted by Gasteiger charge is 2.15. The molecule has 6 heteroatoms. The van der Waals surface area contributed by atoms with Crippen LogP contribution >= 0.6 is 15.9 Å². The van der Waals surface area contributed by atoms with Crippen LogP contribution in [0, 0.1) is 10.1 Å². The first-order chi connectivity index (χ1) is 9.82. The van der Waals surface area contributed by atoms with Gasteiger partial charge in [-0.05, 0) is 39.8 Å². The van der Waals surface area contributed by atoms with Crippen molar-refractivity contribution in [2.45, 2.75) is 46.3 Å². The largest absolute Gasteiger partial charge is 0.311 e. The number of nitrogens with one attached hydrogen (secondary N) is 1. The summed E-state index contributed by atoms with van der Waals surface area (Å²) < 4.78 is 0.857. The Balaban J connectivity index is 2.56. The molecule has 0 radical (unpaired) electrons. The molecule has 0 aromatic heterocycles. The molecule has 1 N–H and O–H groups in total. The molecule has 0 saturated heterocycles. The number of benzene rings is 1. The number of nitro groups is 1. The molecule has 0 spiro atoms. The quantitative estimate of drug-likeness (QED) is 0.439. The van der Waals surface area contributed by atoms with Gasteiger partial charge < -0.3 is 5.32 Å². The number of rotatable bonds is 8. The number of hydrogen-bond donors (Lipinski definition) is 1. The van der Waals surface area contributed by atoms with Crippen molar-refractivity contribution in [1.29, 1.82) is 0 Å². The van der Waals surface area contributed by atoms with Crippen LogP contribution in [0.25, 0.3) is 0 Å². The highest BCUT2D eigenvalue weighted by molar-refractivity contribution is 9.10. The van der Waals surface area contributed by atoms with Gasteiger partial charge in [-0.3, -0.25) is 15.0 Å². The summed E-state index contributed by atoms with van der Waals surface area (Å²) in [7, 11) is 0. The van der Waals surface area contributed by atoms with E-state index in [1.54, 1.807) is 12.1 Å². The number of nitro benzene ring substituents is 1. The summed E-state index contributed by atoms with van der Waals surface area (Å²) in [5, 5.41) is 14.3. The number of halogens is 1. The van der Waals surface area contributed by atoms with E-state index in [2.05, 4.69) is 53.8 Å². The molecule has 0 atom stereocenters. The smallest absolute Gasteiger partial charge is 0.273 e. The van der Waals surface area contributed by atoms with Gasteiger partial charge in [-0.2, -0.15) is 0 Å². The van der Waals surface area contributed by atoms with Crippen molar-refractivity contribution in [3.8, 4) is 0 Å². The van der Waals surface area contributed by atoms with E-state index in [9.17, 15) is 10.1 Å². The zero-order valence-electron chi connectivity index (χ0n) is 13.1. The topological polar surface area (TPSA) is 58.4 Å². The third-order valence-electron chi connectivity index (χ3n) is 3.43. The fraction of sp³-hybridized carbons (Fsp3) is 0.600. The van der Waals surface area contributed by atoms with Crippen molar-refractivity contribution < 1.29 is 4.92 Å². The molecule has 118 valence electrons. The van der Waals surface area contributed by atoms with E-state index >= 15 is 0 Å². The van der Waals surface area contributed by atoms with E-state index in [0.29, 0.717) is 24.2 Å². The summed E-state index contributed by atoms with van der Waals surface area (Å²) in [4.78, 5) is 13.1. The van der Waals surface area contributed by atoms with E-state index in [0.717, 1.165) is 17.6 Å². The van der Waals surface area contributed by atoms with Crippen LogP contribution in [0.5, 0.6) is 0 Å². The lowest BCUT2D eigenvalue weighted by Gasteiger charge is -2.30. The molecule has 1 aromatic carbocycles. The second-order valence-electron chi connectivity index (χ2n) is 5.63. The predicted molar refractivity (Wildman–Crippen MR) is 89.5 cm³/mol. The maximum Gasteiger partial charge on any atom is 0.273 e. The molecular formula is C15H24BrN3O2. The van der Waals surface area contributed by atoms with Crippen molar-refractivity contribution in [1.82, 2.24) is 10.2 Å². The first-order valence-electron chi connectivity index (χ1n) is 7.22. The van der Waals surface area contributed by atoms with Gasteiger partial charge >= 0.3 is 0 Å². The van der Waals surface area contributed by atoms with Crippen LogP contribution in [0.3, 0.4) is 0 Å². The van der Waals surface area contributed by atoms with Gasteiger partial charge in [-0.1, -0.05) is 15.9 Å². The van der Waals surface area contributed by atoms with Gasteiger partial charge in [0.05, 0.1) is 4.92 Å². The Labute approximate surface area is 135 Å². The van der Waals surface area contributed by atoms with Crippen LogP contribution in [0.4, 0.5) is 5.69 Å². The molecule has 0 aliphatic heterocycles. The highest BCUT2D eigenvalue weighted by atomic mass is 79.9. The van der Waals surface area contributed by atoms with Gasteiger partial charge in [-0.15, -0.1) is 0 Å². The minimum Gasteiger partial charge on any atom is -0.311 e. The second kappa shape index (κ2) is 8.46. The van der Waals surface area contributed by atoms with Crippen LogP contribution in [0.2, 0.25) is 0 Å². The Morgan fingerprint density at radius 2 is 1.90 bits per heavy atom. The number of hydrogen-bond acceptors (Lipinski definition) is 4. The lowest BCUT2D eigenvalue weighted by atomic mass is 10.2. The van der Waals surface area contributed by atoms with Gasteiger partial charge in [0.1, 0.15) is 0 Å². The molecule has 0 saturated carbocycles. The fourth-order valence-corrected chi connectivity index (χ4v) is 2.83. The third kappa shape index (κ3) is 5.73. The first-order valence-corrected chi connectivity index (χ1v) is 8.01. The third-order valence-corrected chi connectivity index (χ3v) is 3.92. The SMILES string of the molecule is CC(C)N(CCNCc1cc(Br)ccc1[N+](=O)[O-])C(C)C. The van der Waals surface area contributed by atoms with Gasteiger partial charge in [-0.25, -0.2) is 0 Å². The summed E-state index contributed by atoms with van der Waals surface area (Å²) in [5.74, 6) is 0. The molecule has 1 rings (SSSR count). The summed E-state index contributed by atoms with van der Waals surface area (Å²) in [6.45, 7) is 11.0. The molecule has 0 heterocycles. The van der Waals surface area contributed by atoms with Crippen molar-refractivity contribution in [2.24, 2.45) is 0 Å². The van der Waals surface area contributed by atoms with E-state index in [-0.39, 0.29) is 10.6 Å². The Bertz CT molecular complexity index is 470. The van der Waals surface area contributed by atoms with Crippen LogP contribution in [-0.4, -0.2) is 35.0 Å². The summed E-state index contributed by atoms with van der Waals surface area (Å²) in [6.07, 6.45) is 0. The van der Waals surface area contributed by atoms with E-state index in [1.165, 1.54) is 6.07 Å². The van der Waals surface area contributed by atoms with Crippen LogP contribution in [0.15, 0.2) is 22.7 Å². The molecule has 0 fully saturated rings. The van der Waals surface area contributed by atoms with Crippen molar-refractivity contribution >= 4 is 21.6 Å². The first kappa shape index (κ1) is 18.1. The molecule has 0 unspecified atom stereocenters. The van der Waals surface area contributed by atoms with Crippen LogP contribution in [0.1, 0.15) is 33.3 Å². The zero-order valence-corrected chi connectivity index (χ0v) is 14.7. The van der Waals surface area contributed by atoms with Crippen molar-refractivity contribution in [3.63, 3.8) is 0 Å². The normalized spacial score (nSPS) is 11.6. The molecule has 1 aromatic rings. The molecule has 0 aliphatic rings. The lowest BCUT2D eigenvalue weighted by Crippen LogP contribution is -2.41. The zero-order chi connectivity index (χ0) is 16.0. The van der Waals surface area contributed by atoms with Crippen molar-refractivity contribution in [3.05, 3.63) is 38.3 Å². The van der Waals surface area contributed by atoms with Gasteiger partial charge in [0.2, 0.25) is 0 Å². The Kier molecular flexibility index (Phi) is 7.28. The summed E-state index contributed by atoms with van der Waals surface area (Å²) >= 11 is 3.36. The molecular weight excluding hydrogens is 334 g/mol. The van der Waals surface area contributed by atoms with Gasteiger partial charge in [0, 0.05) is 47.8 Å². The van der Waals surface area contributed by atoms with E-state index in [4.69, 9.17) is 0 Å². The average molecular weight is 358 g/mol. The van der Waals surface area contributed by atoms with Crippen LogP contribution < -0.4 is 5.32 Å².